The molecule has 31 heavy (non-hydrogen) atoms. The smallest absolute Gasteiger partial charge is 0.178 e. The Labute approximate surface area is 193 Å². The van der Waals surface area contributed by atoms with Gasteiger partial charge in [0.25, 0.3) is 0 Å². The van der Waals surface area contributed by atoms with E-state index in [0.717, 1.165) is 11.1 Å². The summed E-state index contributed by atoms with van der Waals surface area (Å²) < 4.78 is 28.8. The zero-order valence-corrected chi connectivity index (χ0v) is 19.6. The highest BCUT2D eigenvalue weighted by molar-refractivity contribution is 14.1. The van der Waals surface area contributed by atoms with Crippen molar-refractivity contribution in [2.24, 2.45) is 0 Å². The summed E-state index contributed by atoms with van der Waals surface area (Å²) >= 11 is 2.22. The van der Waals surface area contributed by atoms with Crippen molar-refractivity contribution in [1.82, 2.24) is 0 Å². The van der Waals surface area contributed by atoms with Crippen LogP contribution in [0.2, 0.25) is 0 Å². The van der Waals surface area contributed by atoms with Crippen LogP contribution in [0.5, 0.6) is 28.7 Å². The lowest BCUT2D eigenvalue weighted by atomic mass is 9.81. The van der Waals surface area contributed by atoms with Gasteiger partial charge in [0.15, 0.2) is 17.3 Å². The molecular formula is C23H23IO7. The Balaban J connectivity index is 1.55. The molecule has 0 unspecified atom stereocenters. The third kappa shape index (κ3) is 3.14. The summed E-state index contributed by atoms with van der Waals surface area (Å²) in [7, 11) is 3.13. The van der Waals surface area contributed by atoms with Crippen LogP contribution in [0.4, 0.5) is 0 Å². The third-order valence-corrected chi connectivity index (χ3v) is 7.34. The normalized spacial score (nSPS) is 24.9. The van der Waals surface area contributed by atoms with Gasteiger partial charge >= 0.3 is 0 Å². The van der Waals surface area contributed by atoms with Gasteiger partial charge in [-0.05, 0) is 25.1 Å². The van der Waals surface area contributed by atoms with Crippen molar-refractivity contribution < 1.29 is 33.6 Å². The second-order valence-corrected chi connectivity index (χ2v) is 10.7. The molecule has 3 aliphatic rings. The number of alkyl halides is 1. The number of fused-ring (bicyclic) bond motifs is 6. The van der Waals surface area contributed by atoms with Gasteiger partial charge in [-0.1, -0.05) is 22.6 Å². The van der Waals surface area contributed by atoms with Crippen molar-refractivity contribution in [2.45, 2.75) is 34.9 Å². The van der Waals surface area contributed by atoms with Gasteiger partial charge in [0.1, 0.15) is 36.1 Å². The van der Waals surface area contributed by atoms with Crippen molar-refractivity contribution in [1.29, 1.82) is 0 Å². The second-order valence-electron chi connectivity index (χ2n) is 8.22. The molecule has 4 atom stereocenters. The molecule has 8 heteroatoms. The number of ketones is 1. The summed E-state index contributed by atoms with van der Waals surface area (Å²) in [6.45, 7) is 2.20. The molecule has 0 fully saturated rings. The molecule has 2 aromatic rings. The average Bonchev–Trinajstić information content (AvgIpc) is 3.23. The minimum atomic E-state index is -0.487. The number of aliphatic hydroxyl groups excluding tert-OH is 1. The van der Waals surface area contributed by atoms with E-state index in [1.807, 2.05) is 13.0 Å². The lowest BCUT2D eigenvalue weighted by Crippen LogP contribution is -2.43. The number of carbonyl (C=O) groups is 1. The first kappa shape index (κ1) is 20.7. The Hall–Kier alpha value is -2.20. The number of rotatable bonds is 4. The molecule has 0 spiro atoms. The first-order chi connectivity index (χ1) is 14.9. The Morgan fingerprint density at radius 3 is 2.61 bits per heavy atom. The van der Waals surface area contributed by atoms with Crippen LogP contribution in [-0.4, -0.2) is 54.0 Å². The van der Waals surface area contributed by atoms with Crippen LogP contribution < -0.4 is 23.7 Å². The highest BCUT2D eigenvalue weighted by atomic mass is 121. The van der Waals surface area contributed by atoms with Gasteiger partial charge in [-0.25, -0.2) is 0 Å². The number of hydrogen-bond acceptors (Lipinski definition) is 7. The van der Waals surface area contributed by atoms with E-state index in [4.69, 9.17) is 23.7 Å². The fourth-order valence-corrected chi connectivity index (χ4v) is 4.85. The largest absolute Gasteiger partial charge is 0.493 e. The van der Waals surface area contributed by atoms with Crippen molar-refractivity contribution >= 4 is 28.4 Å². The van der Waals surface area contributed by atoms with E-state index < -0.39 is 15.4 Å². The molecule has 2 aromatic carbocycles. The van der Waals surface area contributed by atoms with Gasteiger partial charge in [-0.2, -0.15) is 0 Å². The van der Waals surface area contributed by atoms with Gasteiger partial charge in [-0.15, -0.1) is 0 Å². The van der Waals surface area contributed by atoms with Crippen LogP contribution in [0.15, 0.2) is 24.3 Å². The standard InChI is InChI=1S/C23H23IO7/c1-23(24,10-25)19-7-13-14(30-19)5-4-11-21(26)20-12-6-16(27-2)17(28-3)8-15(12)29-9-18(20)31-22(11)13/h4-6,8,18-20,25H,7,9-10H2,1-3H3/t18-,19-,20+,23-/m1/s1/i24-6. The van der Waals surface area contributed by atoms with Crippen LogP contribution in [0.25, 0.3) is 0 Å². The number of ether oxygens (including phenoxy) is 5. The van der Waals surface area contributed by atoms with Crippen LogP contribution in [0, 0.1) is 0 Å². The van der Waals surface area contributed by atoms with Crippen molar-refractivity contribution in [3.63, 3.8) is 0 Å². The van der Waals surface area contributed by atoms with E-state index in [1.165, 1.54) is 0 Å². The molecule has 0 bridgehead atoms. The first-order valence-electron chi connectivity index (χ1n) is 10.1. The lowest BCUT2D eigenvalue weighted by Gasteiger charge is -2.37. The molecule has 3 aliphatic heterocycles. The highest BCUT2D eigenvalue weighted by Crippen LogP contribution is 2.50. The van der Waals surface area contributed by atoms with Gasteiger partial charge < -0.3 is 28.8 Å². The second kappa shape index (κ2) is 7.44. The summed E-state index contributed by atoms with van der Waals surface area (Å²) in [4.78, 5) is 13.6. The quantitative estimate of drug-likeness (QED) is 0.478. The van der Waals surface area contributed by atoms with Crippen LogP contribution in [0.3, 0.4) is 0 Å². The summed E-state index contributed by atoms with van der Waals surface area (Å²) in [5, 5.41) is 9.73. The molecule has 0 saturated heterocycles. The first-order valence-corrected chi connectivity index (χ1v) is 11.2. The monoisotopic (exact) mass is 532 g/mol. The molecule has 1 N–H and O–H groups in total. The van der Waals surface area contributed by atoms with Gasteiger partial charge in [0.2, 0.25) is 0 Å². The van der Waals surface area contributed by atoms with Crippen molar-refractivity contribution in [3.8, 4) is 28.7 Å². The fourth-order valence-electron chi connectivity index (χ4n) is 4.50. The molecule has 0 aliphatic carbocycles. The summed E-state index contributed by atoms with van der Waals surface area (Å²) in [5.41, 5.74) is 2.16. The van der Waals surface area contributed by atoms with Gasteiger partial charge in [0.05, 0.1) is 35.7 Å². The predicted octanol–water partition coefficient (Wildman–Crippen LogP) is 3.31. The van der Waals surface area contributed by atoms with E-state index in [2.05, 4.69) is 22.6 Å². The SMILES string of the molecule is COc1cc2c(cc1OC)[C@@H]1C(=O)c3ccc4c(c3O[C@@H]1CO2)C[C@H]([C@](C)([121I])CO)O4. The number of Topliss-reactive ketones (excluding diaryl/α,β-unsaturated/α-hetero) is 1. The number of aliphatic hydroxyl groups is 1. The van der Waals surface area contributed by atoms with Crippen molar-refractivity contribution in [2.75, 3.05) is 27.4 Å². The van der Waals surface area contributed by atoms with Crippen LogP contribution >= 0.6 is 22.6 Å². The Bertz CT molecular complexity index is 1060. The predicted molar refractivity (Wildman–Crippen MR) is 121 cm³/mol. The molecular weight excluding hydrogens is 509 g/mol. The summed E-state index contributed by atoms with van der Waals surface area (Å²) in [6.07, 6.45) is -0.0675. The molecule has 164 valence electrons. The van der Waals surface area contributed by atoms with E-state index in [9.17, 15) is 9.90 Å². The molecule has 5 rings (SSSR count). The van der Waals surface area contributed by atoms with Crippen LogP contribution in [-0.2, 0) is 6.42 Å². The Morgan fingerprint density at radius 1 is 1.16 bits per heavy atom. The number of hydrogen-bond donors (Lipinski definition) is 1. The van der Waals surface area contributed by atoms with E-state index in [0.29, 0.717) is 40.7 Å². The molecule has 3 heterocycles. The Kier molecular flexibility index (Phi) is 4.97. The lowest BCUT2D eigenvalue weighted by molar-refractivity contribution is 0.0554. The minimum Gasteiger partial charge on any atom is -0.493 e. The zero-order valence-electron chi connectivity index (χ0n) is 17.4. The molecule has 0 radical (unpaired) electrons. The number of halogens is 1. The Morgan fingerprint density at radius 2 is 1.90 bits per heavy atom. The number of benzene rings is 2. The molecule has 7 nitrogen and oxygen atoms in total. The third-order valence-electron chi connectivity index (χ3n) is 6.30. The molecule has 0 saturated carbocycles. The van der Waals surface area contributed by atoms with Crippen molar-refractivity contribution in [3.05, 3.63) is 41.0 Å². The molecule has 0 amide bonds. The summed E-state index contributed by atoms with van der Waals surface area (Å²) in [6, 6.07) is 7.15. The molecule has 0 aromatic heterocycles. The maximum atomic E-state index is 13.6. The minimum absolute atomic E-state index is 0.00515. The summed E-state index contributed by atoms with van der Waals surface area (Å²) in [5.74, 6) is 2.48. The van der Waals surface area contributed by atoms with E-state index in [-0.39, 0.29) is 25.1 Å². The van der Waals surface area contributed by atoms with E-state index >= 15 is 0 Å². The van der Waals surface area contributed by atoms with Gasteiger partial charge in [0, 0.05) is 23.6 Å². The highest BCUT2D eigenvalue weighted by Gasteiger charge is 2.47. The average molecular weight is 532 g/mol. The fraction of sp³-hybridized carbons (Fsp3) is 0.435. The maximum Gasteiger partial charge on any atom is 0.178 e. The topological polar surface area (TPSA) is 83.5 Å². The number of methoxy groups -OCH3 is 2. The zero-order chi connectivity index (χ0) is 21.9. The number of carbonyl (C=O) groups excluding carboxylic acids is 1. The maximum absolute atomic E-state index is 13.6. The van der Waals surface area contributed by atoms with Crippen LogP contribution in [0.1, 0.15) is 34.3 Å². The van der Waals surface area contributed by atoms with Gasteiger partial charge in [-0.3, -0.25) is 4.79 Å². The van der Waals surface area contributed by atoms with E-state index in [1.54, 1.807) is 32.4 Å².